The molecule has 0 unspecified atom stereocenters. The molecule has 0 aliphatic rings. The van der Waals surface area contributed by atoms with Gasteiger partial charge in [0.2, 0.25) is 0 Å². The van der Waals surface area contributed by atoms with Crippen molar-refractivity contribution in [1.82, 2.24) is 0 Å². The lowest BCUT2D eigenvalue weighted by atomic mass is 10.1. The molecule has 2 aromatic carbocycles. The highest BCUT2D eigenvalue weighted by molar-refractivity contribution is 5.93. The fraction of sp³-hybridized carbons (Fsp3) is 0.364. The van der Waals surface area contributed by atoms with Crippen LogP contribution in [-0.2, 0) is 16.0 Å². The first-order valence-corrected chi connectivity index (χ1v) is 9.36. The Kier molecular flexibility index (Phi) is 7.87. The van der Waals surface area contributed by atoms with Gasteiger partial charge in [-0.1, -0.05) is 25.1 Å². The predicted octanol–water partition coefficient (Wildman–Crippen LogP) is 4.13. The first-order chi connectivity index (χ1) is 13.4. The summed E-state index contributed by atoms with van der Waals surface area (Å²) in [7, 11) is 0. The van der Waals surface area contributed by atoms with Crippen molar-refractivity contribution >= 4 is 17.6 Å². The fourth-order valence-corrected chi connectivity index (χ4v) is 2.61. The highest BCUT2D eigenvalue weighted by Crippen LogP contribution is 2.27. The van der Waals surface area contributed by atoms with Crippen molar-refractivity contribution in [2.24, 2.45) is 0 Å². The summed E-state index contributed by atoms with van der Waals surface area (Å²) >= 11 is 0. The summed E-state index contributed by atoms with van der Waals surface area (Å²) in [5.41, 5.74) is 3.35. The van der Waals surface area contributed by atoms with E-state index in [1.54, 1.807) is 12.1 Å². The van der Waals surface area contributed by atoms with Crippen LogP contribution in [0.1, 0.15) is 36.5 Å². The Morgan fingerprint density at radius 2 is 1.82 bits per heavy atom. The zero-order valence-corrected chi connectivity index (χ0v) is 16.6. The number of benzene rings is 2. The van der Waals surface area contributed by atoms with Gasteiger partial charge in [0.25, 0.3) is 5.91 Å². The fourth-order valence-electron chi connectivity index (χ4n) is 2.61. The average molecular weight is 385 g/mol. The zero-order chi connectivity index (χ0) is 20.5. The molecule has 150 valence electrons. The molecule has 1 amide bonds. The second-order valence-electron chi connectivity index (χ2n) is 6.68. The van der Waals surface area contributed by atoms with Crippen molar-refractivity contribution in [3.8, 4) is 11.5 Å². The lowest BCUT2D eigenvalue weighted by Gasteiger charge is -2.15. The number of hydrogen-bond acceptors (Lipinski definition) is 4. The van der Waals surface area contributed by atoms with Crippen molar-refractivity contribution < 1.29 is 24.2 Å². The third-order valence-electron chi connectivity index (χ3n) is 4.11. The lowest BCUT2D eigenvalue weighted by molar-refractivity contribution is -0.137. The van der Waals surface area contributed by atoms with Gasteiger partial charge in [-0.2, -0.15) is 0 Å². The maximum Gasteiger partial charge on any atom is 0.303 e. The Morgan fingerprint density at radius 3 is 2.54 bits per heavy atom. The van der Waals surface area contributed by atoms with Crippen molar-refractivity contribution in [2.45, 2.75) is 40.0 Å². The van der Waals surface area contributed by atoms with E-state index in [0.717, 1.165) is 23.1 Å². The third kappa shape index (κ3) is 6.61. The van der Waals surface area contributed by atoms with E-state index in [1.807, 2.05) is 45.0 Å². The van der Waals surface area contributed by atoms with Crippen LogP contribution in [0.4, 0.5) is 5.69 Å². The molecule has 28 heavy (non-hydrogen) atoms. The minimum Gasteiger partial charge on any atom is -0.491 e. The van der Waals surface area contributed by atoms with Crippen LogP contribution in [0.15, 0.2) is 36.4 Å². The number of carboxylic acid groups (broad SMARTS) is 1. The van der Waals surface area contributed by atoms with Gasteiger partial charge in [-0.15, -0.1) is 0 Å². The van der Waals surface area contributed by atoms with Gasteiger partial charge < -0.3 is 19.9 Å². The number of carbonyl (C=O) groups excluding carboxylic acids is 1. The number of hydrogen-bond donors (Lipinski definition) is 2. The maximum atomic E-state index is 12.4. The predicted molar refractivity (Wildman–Crippen MR) is 108 cm³/mol. The Labute approximate surface area is 165 Å². The normalized spacial score (nSPS) is 10.4. The van der Waals surface area contributed by atoms with E-state index in [9.17, 15) is 9.59 Å². The van der Waals surface area contributed by atoms with Crippen LogP contribution in [0.5, 0.6) is 11.5 Å². The molecule has 0 fully saturated rings. The number of nitrogens with one attached hydrogen (secondary N) is 1. The molecular weight excluding hydrogens is 358 g/mol. The molecule has 0 aromatic heterocycles. The van der Waals surface area contributed by atoms with Crippen LogP contribution in [0.2, 0.25) is 0 Å². The van der Waals surface area contributed by atoms with Crippen molar-refractivity contribution in [3.63, 3.8) is 0 Å². The number of rotatable bonds is 10. The van der Waals surface area contributed by atoms with Crippen LogP contribution >= 0.6 is 0 Å². The average Bonchev–Trinajstić information content (AvgIpc) is 2.66. The molecule has 0 saturated heterocycles. The quantitative estimate of drug-likeness (QED) is 0.642. The van der Waals surface area contributed by atoms with E-state index in [4.69, 9.17) is 14.6 Å². The Balaban J connectivity index is 2.07. The van der Waals surface area contributed by atoms with Crippen LogP contribution in [0.25, 0.3) is 0 Å². The summed E-state index contributed by atoms with van der Waals surface area (Å²) in [5, 5.41) is 11.7. The first-order valence-electron chi connectivity index (χ1n) is 9.36. The molecule has 0 heterocycles. The Bertz CT molecular complexity index is 832. The van der Waals surface area contributed by atoms with E-state index in [1.165, 1.54) is 0 Å². The molecular formula is C22H27NO5. The number of amides is 1. The monoisotopic (exact) mass is 385 g/mol. The molecule has 0 atom stereocenters. The molecule has 0 bridgehead atoms. The summed E-state index contributed by atoms with van der Waals surface area (Å²) in [6.07, 6.45) is 1.24. The largest absolute Gasteiger partial charge is 0.491 e. The van der Waals surface area contributed by atoms with Gasteiger partial charge in [0.1, 0.15) is 11.5 Å². The molecule has 0 aliphatic heterocycles. The van der Waals surface area contributed by atoms with Gasteiger partial charge in [-0.25, -0.2) is 0 Å². The van der Waals surface area contributed by atoms with Crippen molar-refractivity contribution in [2.75, 3.05) is 18.5 Å². The number of anilines is 1. The summed E-state index contributed by atoms with van der Waals surface area (Å²) in [6, 6.07) is 11.2. The van der Waals surface area contributed by atoms with E-state index in [0.29, 0.717) is 30.2 Å². The molecule has 2 aromatic rings. The van der Waals surface area contributed by atoms with Gasteiger partial charge in [-0.05, 0) is 61.6 Å². The summed E-state index contributed by atoms with van der Waals surface area (Å²) in [5.74, 6) is 0.0604. The lowest BCUT2D eigenvalue weighted by Crippen LogP contribution is -2.21. The topological polar surface area (TPSA) is 84.9 Å². The van der Waals surface area contributed by atoms with Gasteiger partial charge >= 0.3 is 5.97 Å². The van der Waals surface area contributed by atoms with Crippen molar-refractivity contribution in [3.05, 3.63) is 53.1 Å². The summed E-state index contributed by atoms with van der Waals surface area (Å²) < 4.78 is 11.3. The smallest absolute Gasteiger partial charge is 0.303 e. The number of ether oxygens (including phenoxy) is 2. The van der Waals surface area contributed by atoms with Crippen LogP contribution in [0.3, 0.4) is 0 Å². The summed E-state index contributed by atoms with van der Waals surface area (Å²) in [4.78, 5) is 23.2. The zero-order valence-electron chi connectivity index (χ0n) is 16.6. The highest BCUT2D eigenvalue weighted by atomic mass is 16.5. The minimum absolute atomic E-state index is 0.0261. The number of aliphatic carboxylic acids is 1. The van der Waals surface area contributed by atoms with Crippen molar-refractivity contribution in [1.29, 1.82) is 0 Å². The van der Waals surface area contributed by atoms with Gasteiger partial charge in [0.15, 0.2) is 6.61 Å². The third-order valence-corrected chi connectivity index (χ3v) is 4.11. The van der Waals surface area contributed by atoms with E-state index in [2.05, 4.69) is 5.32 Å². The van der Waals surface area contributed by atoms with Gasteiger partial charge in [-0.3, -0.25) is 9.59 Å². The number of carboxylic acids is 1. The molecule has 6 nitrogen and oxygen atoms in total. The second kappa shape index (κ2) is 10.3. The van der Waals surface area contributed by atoms with Gasteiger partial charge in [0.05, 0.1) is 12.3 Å². The van der Waals surface area contributed by atoms with Crippen LogP contribution < -0.4 is 14.8 Å². The molecule has 6 heteroatoms. The van der Waals surface area contributed by atoms with E-state index < -0.39 is 5.97 Å². The standard InChI is InChI=1S/C22H27NO5/c1-4-11-27-19-9-7-17(8-10-22(25)26)13-18(19)23-21(24)14-28-20-12-15(2)5-6-16(20)3/h5-7,9,12-13H,4,8,10-11,14H2,1-3H3,(H,23,24)(H,25,26). The molecule has 2 rings (SSSR count). The molecule has 0 spiro atoms. The number of aryl methyl sites for hydroxylation is 3. The maximum absolute atomic E-state index is 12.4. The van der Waals surface area contributed by atoms with Gasteiger partial charge in [0, 0.05) is 6.42 Å². The first kappa shape index (κ1) is 21.3. The van der Waals surface area contributed by atoms with Crippen LogP contribution in [0, 0.1) is 13.8 Å². The minimum atomic E-state index is -0.862. The van der Waals surface area contributed by atoms with Crippen LogP contribution in [-0.4, -0.2) is 30.2 Å². The van der Waals surface area contributed by atoms with E-state index >= 15 is 0 Å². The Hall–Kier alpha value is -3.02. The molecule has 0 radical (unpaired) electrons. The SMILES string of the molecule is CCCOc1ccc(CCC(=O)O)cc1NC(=O)COc1cc(C)ccc1C. The molecule has 0 saturated carbocycles. The Morgan fingerprint density at radius 1 is 1.04 bits per heavy atom. The highest BCUT2D eigenvalue weighted by Gasteiger charge is 2.12. The molecule has 2 N–H and O–H groups in total. The van der Waals surface area contributed by atoms with E-state index in [-0.39, 0.29) is 18.9 Å². The second-order valence-corrected chi connectivity index (χ2v) is 6.68. The number of carbonyl (C=O) groups is 2. The summed E-state index contributed by atoms with van der Waals surface area (Å²) in [6.45, 7) is 6.28. The molecule has 0 aliphatic carbocycles.